The van der Waals surface area contributed by atoms with E-state index < -0.39 is 47.5 Å². The Morgan fingerprint density at radius 1 is 0.871 bits per heavy atom. The molecule has 160 valence electrons. The number of esters is 2. The predicted octanol–water partition coefficient (Wildman–Crippen LogP) is 1.63. The summed E-state index contributed by atoms with van der Waals surface area (Å²) < 4.78 is 9.54. The molecule has 31 heavy (non-hydrogen) atoms. The van der Waals surface area contributed by atoms with Crippen LogP contribution in [-0.4, -0.2) is 44.0 Å². The van der Waals surface area contributed by atoms with E-state index in [0.29, 0.717) is 5.56 Å². The monoisotopic (exact) mass is 424 g/mol. The molecule has 0 aromatic heterocycles. The van der Waals surface area contributed by atoms with E-state index >= 15 is 0 Å². The first-order chi connectivity index (χ1) is 14.9. The van der Waals surface area contributed by atoms with Gasteiger partial charge in [-0.25, -0.2) is 9.69 Å². The summed E-state index contributed by atoms with van der Waals surface area (Å²) in [7, 11) is 2.17. The Bertz CT molecular complexity index is 991. The van der Waals surface area contributed by atoms with Crippen LogP contribution < -0.4 is 10.2 Å². The van der Waals surface area contributed by atoms with Crippen LogP contribution in [0.15, 0.2) is 60.7 Å². The van der Waals surface area contributed by atoms with Crippen LogP contribution in [-0.2, 0) is 28.7 Å². The number of methoxy groups -OCH3 is 2. The fourth-order valence-electron chi connectivity index (χ4n) is 3.62. The van der Waals surface area contributed by atoms with Gasteiger partial charge >= 0.3 is 18.0 Å². The molecule has 4 amide bonds. The Hall–Kier alpha value is -4.01. The third kappa shape index (κ3) is 4.16. The van der Waals surface area contributed by atoms with Gasteiger partial charge in [-0.15, -0.1) is 0 Å². The average Bonchev–Trinajstić information content (AvgIpc) is 2.78. The van der Waals surface area contributed by atoms with Crippen LogP contribution >= 0.6 is 0 Å². The summed E-state index contributed by atoms with van der Waals surface area (Å²) in [6.07, 6.45) is 0. The highest BCUT2D eigenvalue weighted by Gasteiger charge is 2.52. The molecule has 3 rings (SSSR count). The third-order valence-corrected chi connectivity index (χ3v) is 5.03. The largest absolute Gasteiger partial charge is 0.468 e. The van der Waals surface area contributed by atoms with Crippen molar-refractivity contribution in [1.82, 2.24) is 5.32 Å². The van der Waals surface area contributed by atoms with Gasteiger partial charge in [0, 0.05) is 5.92 Å². The van der Waals surface area contributed by atoms with Crippen molar-refractivity contribution in [2.45, 2.75) is 5.92 Å². The average molecular weight is 424 g/mol. The normalized spacial score (nSPS) is 17.2. The van der Waals surface area contributed by atoms with Crippen molar-refractivity contribution in [3.05, 3.63) is 66.2 Å². The lowest BCUT2D eigenvalue weighted by Gasteiger charge is -2.36. The molecular formula is C22H20N2O7. The van der Waals surface area contributed by atoms with Crippen LogP contribution in [0, 0.1) is 11.8 Å². The number of ether oxygens (including phenoxy) is 2. The number of nitrogens with zero attached hydrogens (tertiary/aromatic N) is 1. The molecule has 2 atom stereocenters. The van der Waals surface area contributed by atoms with Gasteiger partial charge in [-0.3, -0.25) is 24.5 Å². The summed E-state index contributed by atoms with van der Waals surface area (Å²) in [6, 6.07) is 15.2. The number of imide groups is 2. The fraction of sp³-hybridized carbons (Fsp3) is 0.227. The second-order valence-corrected chi connectivity index (χ2v) is 6.74. The van der Waals surface area contributed by atoms with Gasteiger partial charge in [0.15, 0.2) is 5.92 Å². The molecule has 1 aliphatic heterocycles. The zero-order valence-electron chi connectivity index (χ0n) is 16.8. The van der Waals surface area contributed by atoms with Crippen molar-refractivity contribution in [3.63, 3.8) is 0 Å². The minimum Gasteiger partial charge on any atom is -0.468 e. The minimum atomic E-state index is -1.61. The Morgan fingerprint density at radius 2 is 1.39 bits per heavy atom. The van der Waals surface area contributed by atoms with Crippen molar-refractivity contribution >= 4 is 35.5 Å². The highest BCUT2D eigenvalue weighted by atomic mass is 16.5. The van der Waals surface area contributed by atoms with Gasteiger partial charge in [0.1, 0.15) is 5.92 Å². The number of anilines is 1. The Balaban J connectivity index is 2.16. The quantitative estimate of drug-likeness (QED) is 0.553. The summed E-state index contributed by atoms with van der Waals surface area (Å²) in [6.45, 7) is 0. The maximum absolute atomic E-state index is 13.4. The van der Waals surface area contributed by atoms with Crippen molar-refractivity contribution in [3.8, 4) is 0 Å². The van der Waals surface area contributed by atoms with Crippen molar-refractivity contribution in [2.75, 3.05) is 19.1 Å². The first-order valence-corrected chi connectivity index (χ1v) is 9.35. The standard InChI is InChI=1S/C22H20N2O7/c1-30-20(27)17(21(28)31-2)15(13-9-5-3-6-10-13)16-18(25)23-22(29)24(19(16)26)14-11-7-4-8-12-14/h3-12,15-17H,1-2H3,(H,23,25,29). The maximum atomic E-state index is 13.4. The third-order valence-electron chi connectivity index (χ3n) is 5.03. The molecule has 9 heteroatoms. The van der Waals surface area contributed by atoms with Gasteiger partial charge in [0.2, 0.25) is 11.8 Å². The number of barbiturate groups is 1. The fourth-order valence-corrected chi connectivity index (χ4v) is 3.62. The van der Waals surface area contributed by atoms with Gasteiger partial charge in [0.05, 0.1) is 19.9 Å². The molecular weight excluding hydrogens is 404 g/mol. The van der Waals surface area contributed by atoms with Crippen molar-refractivity contribution in [1.29, 1.82) is 0 Å². The Kier molecular flexibility index (Phi) is 6.44. The molecule has 0 aliphatic carbocycles. The first-order valence-electron chi connectivity index (χ1n) is 9.35. The number of carbonyl (C=O) groups is 5. The molecule has 0 bridgehead atoms. The lowest BCUT2D eigenvalue weighted by atomic mass is 9.74. The van der Waals surface area contributed by atoms with Gasteiger partial charge in [0.25, 0.3) is 0 Å². The SMILES string of the molecule is COC(=O)C(C(=O)OC)C(c1ccccc1)C1C(=O)NC(=O)N(c2ccccc2)C1=O. The molecule has 1 N–H and O–H groups in total. The summed E-state index contributed by atoms with van der Waals surface area (Å²) in [5, 5.41) is 2.15. The van der Waals surface area contributed by atoms with Gasteiger partial charge < -0.3 is 9.47 Å². The van der Waals surface area contributed by atoms with Crippen molar-refractivity contribution < 1.29 is 33.4 Å². The molecule has 9 nitrogen and oxygen atoms in total. The molecule has 1 heterocycles. The van der Waals surface area contributed by atoms with Crippen molar-refractivity contribution in [2.24, 2.45) is 11.8 Å². The molecule has 2 aromatic rings. The first kappa shape index (κ1) is 21.7. The van der Waals surface area contributed by atoms with Crippen LogP contribution in [0.5, 0.6) is 0 Å². The molecule has 1 aliphatic rings. The van der Waals surface area contributed by atoms with Crippen LogP contribution in [0.3, 0.4) is 0 Å². The van der Waals surface area contributed by atoms with E-state index in [-0.39, 0.29) is 5.69 Å². The lowest BCUT2D eigenvalue weighted by molar-refractivity contribution is -0.161. The van der Waals surface area contributed by atoms with E-state index in [0.717, 1.165) is 19.1 Å². The topological polar surface area (TPSA) is 119 Å². The smallest absolute Gasteiger partial charge is 0.335 e. The number of nitrogens with one attached hydrogen (secondary N) is 1. The van der Waals surface area contributed by atoms with E-state index in [9.17, 15) is 24.0 Å². The lowest BCUT2D eigenvalue weighted by Crippen LogP contribution is -2.60. The predicted molar refractivity (Wildman–Crippen MR) is 108 cm³/mol. The van der Waals surface area contributed by atoms with Gasteiger partial charge in [-0.1, -0.05) is 48.5 Å². The van der Waals surface area contributed by atoms with Gasteiger partial charge in [-0.05, 0) is 17.7 Å². The Morgan fingerprint density at radius 3 is 1.90 bits per heavy atom. The number of para-hydroxylation sites is 1. The van der Waals surface area contributed by atoms with Crippen LogP contribution in [0.2, 0.25) is 0 Å². The van der Waals surface area contributed by atoms with Crippen LogP contribution in [0.1, 0.15) is 11.5 Å². The summed E-state index contributed by atoms with van der Waals surface area (Å²) >= 11 is 0. The van der Waals surface area contributed by atoms with E-state index in [4.69, 9.17) is 9.47 Å². The minimum absolute atomic E-state index is 0.238. The molecule has 0 radical (unpaired) electrons. The molecule has 0 saturated carbocycles. The van der Waals surface area contributed by atoms with E-state index in [1.54, 1.807) is 48.5 Å². The summed E-state index contributed by atoms with van der Waals surface area (Å²) in [4.78, 5) is 64.7. The second-order valence-electron chi connectivity index (χ2n) is 6.74. The van der Waals surface area contributed by atoms with Gasteiger partial charge in [-0.2, -0.15) is 0 Å². The van der Waals surface area contributed by atoms with Crippen LogP contribution in [0.25, 0.3) is 0 Å². The number of urea groups is 1. The number of hydrogen-bond donors (Lipinski definition) is 1. The number of rotatable bonds is 6. The zero-order chi connectivity index (χ0) is 22.5. The second kappa shape index (κ2) is 9.21. The van der Waals surface area contributed by atoms with E-state index in [1.807, 2.05) is 0 Å². The molecule has 2 aromatic carbocycles. The molecule has 2 unspecified atom stereocenters. The highest BCUT2D eigenvalue weighted by molar-refractivity contribution is 6.28. The molecule has 0 spiro atoms. The zero-order valence-corrected chi connectivity index (χ0v) is 16.8. The maximum Gasteiger partial charge on any atom is 0.335 e. The molecule has 1 saturated heterocycles. The number of benzene rings is 2. The van der Waals surface area contributed by atoms with E-state index in [2.05, 4.69) is 5.32 Å². The highest BCUT2D eigenvalue weighted by Crippen LogP contribution is 2.37. The summed E-state index contributed by atoms with van der Waals surface area (Å²) in [5.41, 5.74) is 0.598. The van der Waals surface area contributed by atoms with Crippen LogP contribution in [0.4, 0.5) is 10.5 Å². The number of amides is 4. The van der Waals surface area contributed by atoms with E-state index in [1.165, 1.54) is 12.1 Å². The Labute approximate surface area is 177 Å². The number of carbonyl (C=O) groups excluding carboxylic acids is 5. The number of hydrogen-bond acceptors (Lipinski definition) is 7. The molecule has 1 fully saturated rings. The summed E-state index contributed by atoms with van der Waals surface area (Å²) in [5.74, 6) is -8.17.